The van der Waals surface area contributed by atoms with Crippen LogP contribution in [0.2, 0.25) is 0 Å². The lowest BCUT2D eigenvalue weighted by molar-refractivity contribution is 0.0534. The third-order valence-corrected chi connectivity index (χ3v) is 2.14. The lowest BCUT2D eigenvalue weighted by Gasteiger charge is -2.19. The van der Waals surface area contributed by atoms with Gasteiger partial charge in [-0.05, 0) is 51.0 Å². The molecule has 1 N–H and O–H groups in total. The number of alkyl carbamates (subject to hydrolysis) is 1. The Labute approximate surface area is 113 Å². The SMILES string of the molecule is Cc1cc(F)cc(C=CCNC(=O)OC(C)(C)C)c1. The number of halogens is 1. The van der Waals surface area contributed by atoms with Crippen molar-refractivity contribution in [3.8, 4) is 0 Å². The Hall–Kier alpha value is -1.84. The van der Waals surface area contributed by atoms with Crippen molar-refractivity contribution in [3.05, 3.63) is 41.2 Å². The number of carbonyl (C=O) groups is 1. The zero-order valence-corrected chi connectivity index (χ0v) is 11.8. The summed E-state index contributed by atoms with van der Waals surface area (Å²) < 4.78 is 18.2. The zero-order valence-electron chi connectivity index (χ0n) is 11.8. The minimum absolute atomic E-state index is 0.264. The van der Waals surface area contributed by atoms with Gasteiger partial charge in [0.05, 0.1) is 0 Å². The van der Waals surface area contributed by atoms with Gasteiger partial charge in [-0.2, -0.15) is 0 Å². The van der Waals surface area contributed by atoms with E-state index in [1.54, 1.807) is 32.9 Å². The van der Waals surface area contributed by atoms with Crippen LogP contribution in [0.5, 0.6) is 0 Å². The van der Waals surface area contributed by atoms with Crippen molar-refractivity contribution in [2.45, 2.75) is 33.3 Å². The minimum atomic E-state index is -0.506. The molecule has 0 aliphatic heterocycles. The number of rotatable bonds is 3. The second-order valence-corrected chi connectivity index (χ2v) is 5.35. The van der Waals surface area contributed by atoms with Gasteiger partial charge in [-0.1, -0.05) is 18.2 Å². The Bertz CT molecular complexity index is 455. The molecule has 1 aromatic rings. The quantitative estimate of drug-likeness (QED) is 0.905. The molecule has 0 aromatic heterocycles. The maximum absolute atomic E-state index is 13.1. The fourth-order valence-electron chi connectivity index (χ4n) is 1.51. The van der Waals surface area contributed by atoms with Gasteiger partial charge < -0.3 is 10.1 Å². The van der Waals surface area contributed by atoms with Gasteiger partial charge in [0, 0.05) is 6.54 Å². The number of aryl methyl sites for hydroxylation is 1. The summed E-state index contributed by atoms with van der Waals surface area (Å²) in [6, 6.07) is 4.78. The maximum atomic E-state index is 13.1. The van der Waals surface area contributed by atoms with Crippen LogP contribution in [0.3, 0.4) is 0 Å². The summed E-state index contributed by atoms with van der Waals surface area (Å²) in [4.78, 5) is 11.4. The molecule has 0 fully saturated rings. The van der Waals surface area contributed by atoms with Gasteiger partial charge in [0.15, 0.2) is 0 Å². The number of nitrogens with one attached hydrogen (secondary N) is 1. The normalized spacial score (nSPS) is 11.6. The summed E-state index contributed by atoms with van der Waals surface area (Å²) >= 11 is 0. The molecule has 0 spiro atoms. The van der Waals surface area contributed by atoms with E-state index in [0.717, 1.165) is 11.1 Å². The molecule has 0 atom stereocenters. The predicted octanol–water partition coefficient (Wildman–Crippen LogP) is 3.67. The van der Waals surface area contributed by atoms with Crippen LogP contribution in [0.1, 0.15) is 31.9 Å². The highest BCUT2D eigenvalue weighted by Gasteiger charge is 2.14. The first-order valence-electron chi connectivity index (χ1n) is 6.17. The maximum Gasteiger partial charge on any atom is 0.407 e. The molecule has 0 aliphatic rings. The molecule has 0 heterocycles. The summed E-state index contributed by atoms with van der Waals surface area (Å²) in [7, 11) is 0. The first kappa shape index (κ1) is 15.2. The molecule has 4 heteroatoms. The van der Waals surface area contributed by atoms with Gasteiger partial charge in [0.25, 0.3) is 0 Å². The third-order valence-electron chi connectivity index (χ3n) is 2.14. The molecule has 19 heavy (non-hydrogen) atoms. The molecule has 3 nitrogen and oxygen atoms in total. The lowest BCUT2D eigenvalue weighted by atomic mass is 10.1. The smallest absolute Gasteiger partial charge is 0.407 e. The summed E-state index contributed by atoms with van der Waals surface area (Å²) in [6.07, 6.45) is 3.04. The number of amides is 1. The molecule has 0 aliphatic carbocycles. The van der Waals surface area contributed by atoms with Gasteiger partial charge in [0.1, 0.15) is 11.4 Å². The average molecular weight is 265 g/mol. The molecule has 0 saturated heterocycles. The van der Waals surface area contributed by atoms with Gasteiger partial charge in [-0.15, -0.1) is 0 Å². The topological polar surface area (TPSA) is 38.3 Å². The second-order valence-electron chi connectivity index (χ2n) is 5.35. The van der Waals surface area contributed by atoms with E-state index in [1.165, 1.54) is 12.1 Å². The molecule has 0 saturated carbocycles. The average Bonchev–Trinajstić information content (AvgIpc) is 2.20. The van der Waals surface area contributed by atoms with Crippen LogP contribution in [0, 0.1) is 12.7 Å². The van der Waals surface area contributed by atoms with E-state index < -0.39 is 11.7 Å². The fraction of sp³-hybridized carbons (Fsp3) is 0.400. The van der Waals surface area contributed by atoms with Crippen molar-refractivity contribution in [1.29, 1.82) is 0 Å². The first-order valence-corrected chi connectivity index (χ1v) is 6.17. The van der Waals surface area contributed by atoms with Crippen LogP contribution in [0.25, 0.3) is 6.08 Å². The van der Waals surface area contributed by atoms with Crippen molar-refractivity contribution in [2.24, 2.45) is 0 Å². The van der Waals surface area contributed by atoms with Crippen LogP contribution in [-0.4, -0.2) is 18.2 Å². The van der Waals surface area contributed by atoms with Crippen molar-refractivity contribution in [2.75, 3.05) is 6.54 Å². The van der Waals surface area contributed by atoms with Crippen LogP contribution in [0.15, 0.2) is 24.3 Å². The molecular formula is C15H20FNO2. The van der Waals surface area contributed by atoms with Gasteiger partial charge >= 0.3 is 6.09 Å². The van der Waals surface area contributed by atoms with E-state index in [2.05, 4.69) is 5.32 Å². The van der Waals surface area contributed by atoms with Crippen LogP contribution < -0.4 is 5.32 Å². The Morgan fingerprint density at radius 3 is 2.63 bits per heavy atom. The van der Waals surface area contributed by atoms with E-state index in [4.69, 9.17) is 4.74 Å². The fourth-order valence-corrected chi connectivity index (χ4v) is 1.51. The largest absolute Gasteiger partial charge is 0.444 e. The van der Waals surface area contributed by atoms with Gasteiger partial charge in [0.2, 0.25) is 0 Å². The van der Waals surface area contributed by atoms with E-state index in [9.17, 15) is 9.18 Å². The van der Waals surface area contributed by atoms with Gasteiger partial charge in [-0.25, -0.2) is 9.18 Å². The van der Waals surface area contributed by atoms with E-state index in [-0.39, 0.29) is 5.82 Å². The monoisotopic (exact) mass is 265 g/mol. The van der Waals surface area contributed by atoms with Crippen molar-refractivity contribution >= 4 is 12.2 Å². The molecular weight excluding hydrogens is 245 g/mol. The minimum Gasteiger partial charge on any atom is -0.444 e. The van der Waals surface area contributed by atoms with E-state index in [1.807, 2.05) is 13.0 Å². The van der Waals surface area contributed by atoms with Crippen molar-refractivity contribution < 1.29 is 13.9 Å². The number of hydrogen-bond acceptors (Lipinski definition) is 2. The molecule has 0 unspecified atom stereocenters. The Morgan fingerprint density at radius 2 is 2.05 bits per heavy atom. The Morgan fingerprint density at radius 1 is 1.37 bits per heavy atom. The number of hydrogen-bond donors (Lipinski definition) is 1. The molecule has 104 valence electrons. The second kappa shape index (κ2) is 6.36. The number of carbonyl (C=O) groups excluding carboxylic acids is 1. The highest BCUT2D eigenvalue weighted by Crippen LogP contribution is 2.10. The van der Waals surface area contributed by atoms with Crippen molar-refractivity contribution in [3.63, 3.8) is 0 Å². The molecule has 1 aromatic carbocycles. The summed E-state index contributed by atoms with van der Waals surface area (Å²) in [5, 5.41) is 2.60. The summed E-state index contributed by atoms with van der Waals surface area (Å²) in [5.41, 5.74) is 1.12. The standard InChI is InChI=1S/C15H20FNO2/c1-11-8-12(10-13(16)9-11)6-5-7-17-14(18)19-15(2,3)4/h5-6,8-10H,7H2,1-4H3,(H,17,18). The van der Waals surface area contributed by atoms with Crippen LogP contribution in [-0.2, 0) is 4.74 Å². The highest BCUT2D eigenvalue weighted by atomic mass is 19.1. The molecule has 0 bridgehead atoms. The predicted molar refractivity (Wildman–Crippen MR) is 74.4 cm³/mol. The Kier molecular flexibility index (Phi) is 5.10. The lowest BCUT2D eigenvalue weighted by Crippen LogP contribution is -2.32. The third kappa shape index (κ3) is 6.60. The Balaban J connectivity index is 2.44. The molecule has 0 radical (unpaired) electrons. The zero-order chi connectivity index (χ0) is 14.5. The number of benzene rings is 1. The highest BCUT2D eigenvalue weighted by molar-refractivity contribution is 5.68. The number of ether oxygens (including phenoxy) is 1. The molecule has 1 amide bonds. The van der Waals surface area contributed by atoms with Crippen LogP contribution in [0.4, 0.5) is 9.18 Å². The summed E-state index contributed by atoms with van der Waals surface area (Å²) in [6.45, 7) is 7.58. The van der Waals surface area contributed by atoms with Gasteiger partial charge in [-0.3, -0.25) is 0 Å². The van der Waals surface area contributed by atoms with Crippen LogP contribution >= 0.6 is 0 Å². The first-order chi connectivity index (χ1) is 8.76. The van der Waals surface area contributed by atoms with E-state index in [0.29, 0.717) is 6.54 Å². The van der Waals surface area contributed by atoms with Crippen molar-refractivity contribution in [1.82, 2.24) is 5.32 Å². The van der Waals surface area contributed by atoms with E-state index >= 15 is 0 Å². The molecule has 1 rings (SSSR count). The summed E-state index contributed by atoms with van der Waals surface area (Å²) in [5.74, 6) is -0.264.